The van der Waals surface area contributed by atoms with Gasteiger partial charge in [0.2, 0.25) is 0 Å². The van der Waals surface area contributed by atoms with E-state index < -0.39 is 6.10 Å². The lowest BCUT2D eigenvalue weighted by molar-refractivity contribution is 0.181. The Bertz CT molecular complexity index is 632. The van der Waals surface area contributed by atoms with E-state index in [0.29, 0.717) is 18.5 Å². The van der Waals surface area contributed by atoms with Crippen molar-refractivity contribution < 1.29 is 5.11 Å². The molecular formula is C20H25NO. The Kier molecular flexibility index (Phi) is 4.21. The Morgan fingerprint density at radius 3 is 2.36 bits per heavy atom. The molecule has 2 aromatic carbocycles. The van der Waals surface area contributed by atoms with Gasteiger partial charge in [-0.1, -0.05) is 56.3 Å². The van der Waals surface area contributed by atoms with Gasteiger partial charge in [-0.05, 0) is 42.0 Å². The van der Waals surface area contributed by atoms with E-state index in [0.717, 1.165) is 12.0 Å². The maximum absolute atomic E-state index is 10.6. The molecule has 2 unspecified atom stereocenters. The first-order valence-electron chi connectivity index (χ1n) is 8.18. The highest BCUT2D eigenvalue weighted by molar-refractivity contribution is 5.59. The van der Waals surface area contributed by atoms with E-state index in [2.05, 4.69) is 74.2 Å². The van der Waals surface area contributed by atoms with Crippen molar-refractivity contribution in [3.05, 3.63) is 65.2 Å². The zero-order valence-electron chi connectivity index (χ0n) is 13.7. The first-order valence-corrected chi connectivity index (χ1v) is 8.18. The highest BCUT2D eigenvalue weighted by atomic mass is 16.3. The first-order chi connectivity index (χ1) is 10.6. The fourth-order valence-electron chi connectivity index (χ4n) is 3.30. The number of benzene rings is 2. The van der Waals surface area contributed by atoms with E-state index in [1.165, 1.54) is 16.8 Å². The van der Waals surface area contributed by atoms with E-state index in [-0.39, 0.29) is 0 Å². The third-order valence-electron chi connectivity index (χ3n) is 4.71. The molecule has 0 amide bonds. The van der Waals surface area contributed by atoms with Crippen molar-refractivity contribution in [2.75, 3.05) is 11.4 Å². The van der Waals surface area contributed by atoms with Gasteiger partial charge in [0.15, 0.2) is 0 Å². The SMILES string of the molecule is CC(C)c1ccc(C(O)CN2c3ccccc3CC2C)cc1. The molecule has 0 radical (unpaired) electrons. The van der Waals surface area contributed by atoms with Gasteiger partial charge in [-0.25, -0.2) is 0 Å². The number of hydrogen-bond acceptors (Lipinski definition) is 2. The van der Waals surface area contributed by atoms with Crippen LogP contribution in [0.4, 0.5) is 5.69 Å². The lowest BCUT2D eigenvalue weighted by atomic mass is 10.00. The summed E-state index contributed by atoms with van der Waals surface area (Å²) in [5.41, 5.74) is 4.97. The Hall–Kier alpha value is -1.80. The fraction of sp³-hybridized carbons (Fsp3) is 0.400. The zero-order chi connectivity index (χ0) is 15.7. The van der Waals surface area contributed by atoms with Crippen molar-refractivity contribution in [3.8, 4) is 0 Å². The zero-order valence-corrected chi connectivity index (χ0v) is 13.7. The van der Waals surface area contributed by atoms with Gasteiger partial charge in [0.05, 0.1) is 6.10 Å². The third kappa shape index (κ3) is 2.89. The molecule has 0 aliphatic carbocycles. The van der Waals surface area contributed by atoms with Crippen LogP contribution in [-0.2, 0) is 6.42 Å². The summed E-state index contributed by atoms with van der Waals surface area (Å²) in [6.07, 6.45) is 0.615. The molecule has 2 atom stereocenters. The van der Waals surface area contributed by atoms with Gasteiger partial charge >= 0.3 is 0 Å². The highest BCUT2D eigenvalue weighted by Gasteiger charge is 2.27. The van der Waals surface area contributed by atoms with Crippen molar-refractivity contribution in [1.82, 2.24) is 0 Å². The third-order valence-corrected chi connectivity index (χ3v) is 4.71. The summed E-state index contributed by atoms with van der Waals surface area (Å²) in [6.45, 7) is 7.26. The fourth-order valence-corrected chi connectivity index (χ4v) is 3.30. The standard InChI is InChI=1S/C20H25NO/c1-14(2)16-8-10-17(11-9-16)20(22)13-21-15(3)12-18-6-4-5-7-19(18)21/h4-11,14-15,20,22H,12-13H2,1-3H3. The van der Waals surface area contributed by atoms with E-state index >= 15 is 0 Å². The van der Waals surface area contributed by atoms with Crippen molar-refractivity contribution in [2.45, 2.75) is 45.3 Å². The molecule has 116 valence electrons. The number of para-hydroxylation sites is 1. The van der Waals surface area contributed by atoms with Crippen LogP contribution in [0, 0.1) is 0 Å². The van der Waals surface area contributed by atoms with Gasteiger partial charge in [-0.15, -0.1) is 0 Å². The smallest absolute Gasteiger partial charge is 0.0964 e. The second kappa shape index (κ2) is 6.13. The van der Waals surface area contributed by atoms with Crippen LogP contribution in [0.5, 0.6) is 0 Å². The van der Waals surface area contributed by atoms with Crippen LogP contribution in [0.2, 0.25) is 0 Å². The number of fused-ring (bicyclic) bond motifs is 1. The average Bonchev–Trinajstić information content (AvgIpc) is 2.83. The molecule has 0 fully saturated rings. The van der Waals surface area contributed by atoms with E-state index in [1.807, 2.05) is 0 Å². The number of rotatable bonds is 4. The Morgan fingerprint density at radius 1 is 1.05 bits per heavy atom. The monoisotopic (exact) mass is 295 g/mol. The Labute approximate surface area is 133 Å². The Balaban J connectivity index is 1.75. The molecule has 1 aliphatic heterocycles. The van der Waals surface area contributed by atoms with Crippen LogP contribution < -0.4 is 4.90 Å². The molecule has 1 N–H and O–H groups in total. The predicted octanol–water partition coefficient (Wildman–Crippen LogP) is 4.29. The second-order valence-electron chi connectivity index (χ2n) is 6.67. The van der Waals surface area contributed by atoms with E-state index in [1.54, 1.807) is 0 Å². The molecule has 1 heterocycles. The molecular weight excluding hydrogens is 270 g/mol. The average molecular weight is 295 g/mol. The van der Waals surface area contributed by atoms with Crippen LogP contribution in [0.15, 0.2) is 48.5 Å². The number of aliphatic hydroxyl groups excluding tert-OH is 1. The summed E-state index contributed by atoms with van der Waals surface area (Å²) in [7, 11) is 0. The second-order valence-corrected chi connectivity index (χ2v) is 6.67. The number of hydrogen-bond donors (Lipinski definition) is 1. The highest BCUT2D eigenvalue weighted by Crippen LogP contribution is 2.33. The number of anilines is 1. The van der Waals surface area contributed by atoms with E-state index in [9.17, 15) is 5.11 Å². The Morgan fingerprint density at radius 2 is 1.68 bits per heavy atom. The summed E-state index contributed by atoms with van der Waals surface area (Å²) < 4.78 is 0. The summed E-state index contributed by atoms with van der Waals surface area (Å²) in [6, 6.07) is 17.4. The maximum Gasteiger partial charge on any atom is 0.0964 e. The van der Waals surface area contributed by atoms with Gasteiger partial charge in [0.25, 0.3) is 0 Å². The summed E-state index contributed by atoms with van der Waals surface area (Å²) >= 11 is 0. The lowest BCUT2D eigenvalue weighted by Crippen LogP contribution is -2.33. The van der Waals surface area contributed by atoms with Crippen molar-refractivity contribution >= 4 is 5.69 Å². The van der Waals surface area contributed by atoms with Crippen molar-refractivity contribution in [2.24, 2.45) is 0 Å². The molecule has 0 aromatic heterocycles. The van der Waals surface area contributed by atoms with Crippen LogP contribution >= 0.6 is 0 Å². The minimum atomic E-state index is -0.449. The van der Waals surface area contributed by atoms with Gasteiger partial charge in [-0.2, -0.15) is 0 Å². The summed E-state index contributed by atoms with van der Waals surface area (Å²) in [5.74, 6) is 0.525. The molecule has 1 aliphatic rings. The molecule has 22 heavy (non-hydrogen) atoms. The van der Waals surface area contributed by atoms with Crippen LogP contribution in [0.3, 0.4) is 0 Å². The van der Waals surface area contributed by atoms with Crippen molar-refractivity contribution in [3.63, 3.8) is 0 Å². The van der Waals surface area contributed by atoms with Gasteiger partial charge in [0, 0.05) is 18.3 Å². The summed E-state index contributed by atoms with van der Waals surface area (Å²) in [4.78, 5) is 2.33. The van der Waals surface area contributed by atoms with Crippen LogP contribution in [-0.4, -0.2) is 17.7 Å². The number of β-amino-alcohol motifs (C(OH)–C–C–N with tert-alkyl or cyclic N) is 1. The minimum absolute atomic E-state index is 0.446. The maximum atomic E-state index is 10.6. The largest absolute Gasteiger partial charge is 0.387 e. The minimum Gasteiger partial charge on any atom is -0.387 e. The van der Waals surface area contributed by atoms with Crippen LogP contribution in [0.1, 0.15) is 49.5 Å². The topological polar surface area (TPSA) is 23.5 Å². The molecule has 0 saturated carbocycles. The number of aliphatic hydroxyl groups is 1. The molecule has 2 heteroatoms. The normalized spacial score (nSPS) is 18.6. The van der Waals surface area contributed by atoms with E-state index in [4.69, 9.17) is 0 Å². The number of nitrogens with zero attached hydrogens (tertiary/aromatic N) is 1. The van der Waals surface area contributed by atoms with Crippen LogP contribution in [0.25, 0.3) is 0 Å². The molecule has 2 nitrogen and oxygen atoms in total. The quantitative estimate of drug-likeness (QED) is 0.909. The van der Waals surface area contributed by atoms with Crippen molar-refractivity contribution in [1.29, 1.82) is 0 Å². The van der Waals surface area contributed by atoms with Gasteiger partial charge < -0.3 is 10.0 Å². The first kappa shape index (κ1) is 15.1. The predicted molar refractivity (Wildman–Crippen MR) is 92.4 cm³/mol. The molecule has 0 bridgehead atoms. The van der Waals surface area contributed by atoms with Gasteiger partial charge in [-0.3, -0.25) is 0 Å². The van der Waals surface area contributed by atoms with Gasteiger partial charge in [0.1, 0.15) is 0 Å². The molecule has 3 rings (SSSR count). The molecule has 2 aromatic rings. The molecule has 0 saturated heterocycles. The summed E-state index contributed by atoms with van der Waals surface area (Å²) in [5, 5.41) is 10.6. The molecule has 0 spiro atoms. The lowest BCUT2D eigenvalue weighted by Gasteiger charge is -2.27.